The van der Waals surface area contributed by atoms with Crippen LogP contribution in [0.2, 0.25) is 0 Å². The summed E-state index contributed by atoms with van der Waals surface area (Å²) >= 11 is 0. The minimum absolute atomic E-state index is 0.0112. The highest BCUT2D eigenvalue weighted by molar-refractivity contribution is 5.93. The molecular formula is C13H20N4O. The Kier molecular flexibility index (Phi) is 3.93. The fourth-order valence-corrected chi connectivity index (χ4v) is 2.42. The molecule has 5 nitrogen and oxygen atoms in total. The van der Waals surface area contributed by atoms with Crippen molar-refractivity contribution in [3.05, 3.63) is 29.6 Å². The van der Waals surface area contributed by atoms with E-state index in [1.165, 1.54) is 0 Å². The first-order valence-corrected chi connectivity index (χ1v) is 6.19. The molecule has 5 heteroatoms. The summed E-state index contributed by atoms with van der Waals surface area (Å²) in [7, 11) is 2.10. The maximum Gasteiger partial charge on any atom is 0.141 e. The van der Waals surface area contributed by atoms with Gasteiger partial charge >= 0.3 is 0 Å². The zero-order chi connectivity index (χ0) is 13.1. The molecule has 0 amide bonds. The number of aromatic nitrogens is 1. The molecule has 0 aliphatic carbocycles. The Morgan fingerprint density at radius 1 is 1.67 bits per heavy atom. The second-order valence-electron chi connectivity index (χ2n) is 4.81. The quantitative estimate of drug-likeness (QED) is 0.615. The highest BCUT2D eigenvalue weighted by Crippen LogP contribution is 2.20. The summed E-state index contributed by atoms with van der Waals surface area (Å²) in [6.07, 6.45) is 3.06. The molecule has 1 aromatic rings. The SMILES string of the molecule is CC1OCCC1N(C)Cc1ccnc(C(=N)N)c1. The molecule has 2 unspecified atom stereocenters. The third-order valence-corrected chi connectivity index (χ3v) is 3.43. The number of nitrogens with two attached hydrogens (primary N) is 1. The van der Waals surface area contributed by atoms with Crippen molar-refractivity contribution in [1.82, 2.24) is 9.88 Å². The van der Waals surface area contributed by atoms with E-state index in [9.17, 15) is 0 Å². The lowest BCUT2D eigenvalue weighted by Crippen LogP contribution is -2.36. The van der Waals surface area contributed by atoms with Crippen LogP contribution in [0.25, 0.3) is 0 Å². The minimum Gasteiger partial charge on any atom is -0.382 e. The van der Waals surface area contributed by atoms with Crippen molar-refractivity contribution in [3.8, 4) is 0 Å². The molecule has 3 N–H and O–H groups in total. The number of nitrogens with one attached hydrogen (secondary N) is 1. The van der Waals surface area contributed by atoms with Crippen LogP contribution in [0.15, 0.2) is 18.3 Å². The first-order valence-electron chi connectivity index (χ1n) is 6.19. The topological polar surface area (TPSA) is 75.2 Å². The Labute approximate surface area is 107 Å². The third kappa shape index (κ3) is 2.86. The molecule has 0 bridgehead atoms. The van der Waals surface area contributed by atoms with Crippen molar-refractivity contribution in [1.29, 1.82) is 5.41 Å². The van der Waals surface area contributed by atoms with Gasteiger partial charge in [-0.3, -0.25) is 15.3 Å². The van der Waals surface area contributed by atoms with Gasteiger partial charge in [-0.1, -0.05) is 0 Å². The smallest absolute Gasteiger partial charge is 0.141 e. The normalized spacial score (nSPS) is 23.5. The number of pyridine rings is 1. The molecule has 1 aromatic heterocycles. The van der Waals surface area contributed by atoms with Crippen LogP contribution in [0.3, 0.4) is 0 Å². The van der Waals surface area contributed by atoms with Gasteiger partial charge in [0, 0.05) is 25.4 Å². The molecular weight excluding hydrogens is 228 g/mol. The van der Waals surface area contributed by atoms with Gasteiger partial charge in [-0.2, -0.15) is 0 Å². The van der Waals surface area contributed by atoms with Gasteiger partial charge in [0.15, 0.2) is 0 Å². The molecule has 98 valence electrons. The van der Waals surface area contributed by atoms with Crippen LogP contribution in [-0.2, 0) is 11.3 Å². The summed E-state index contributed by atoms with van der Waals surface area (Å²) in [5.41, 5.74) is 7.11. The Bertz CT molecular complexity index is 435. The van der Waals surface area contributed by atoms with Crippen molar-refractivity contribution < 1.29 is 4.74 Å². The van der Waals surface area contributed by atoms with Crippen LogP contribution in [0.5, 0.6) is 0 Å². The lowest BCUT2D eigenvalue weighted by atomic mass is 10.1. The van der Waals surface area contributed by atoms with Crippen molar-refractivity contribution in [2.45, 2.75) is 32.0 Å². The van der Waals surface area contributed by atoms with Crippen molar-refractivity contribution in [2.75, 3.05) is 13.7 Å². The van der Waals surface area contributed by atoms with Crippen LogP contribution in [0.4, 0.5) is 0 Å². The van der Waals surface area contributed by atoms with Gasteiger partial charge in [-0.25, -0.2) is 0 Å². The molecule has 1 saturated heterocycles. The average Bonchev–Trinajstić information content (AvgIpc) is 2.76. The number of rotatable bonds is 4. The summed E-state index contributed by atoms with van der Waals surface area (Å²) in [6, 6.07) is 4.29. The number of amidine groups is 1. The molecule has 18 heavy (non-hydrogen) atoms. The number of ether oxygens (including phenoxy) is 1. The molecule has 0 radical (unpaired) electrons. The monoisotopic (exact) mass is 248 g/mol. The highest BCUT2D eigenvalue weighted by atomic mass is 16.5. The second kappa shape index (κ2) is 5.46. The molecule has 2 rings (SSSR count). The maximum absolute atomic E-state index is 7.40. The fourth-order valence-electron chi connectivity index (χ4n) is 2.42. The van der Waals surface area contributed by atoms with Crippen molar-refractivity contribution in [2.24, 2.45) is 5.73 Å². The van der Waals surface area contributed by atoms with Crippen LogP contribution < -0.4 is 5.73 Å². The van der Waals surface area contributed by atoms with Gasteiger partial charge in [0.25, 0.3) is 0 Å². The zero-order valence-corrected chi connectivity index (χ0v) is 10.9. The van der Waals surface area contributed by atoms with E-state index in [0.29, 0.717) is 11.7 Å². The van der Waals surface area contributed by atoms with Gasteiger partial charge in [-0.05, 0) is 38.1 Å². The van der Waals surface area contributed by atoms with E-state index in [1.54, 1.807) is 6.20 Å². The van der Waals surface area contributed by atoms with Gasteiger partial charge in [0.05, 0.1) is 6.10 Å². The minimum atomic E-state index is 0.0112. The average molecular weight is 248 g/mol. The maximum atomic E-state index is 7.40. The number of hydrogen-bond donors (Lipinski definition) is 2. The predicted octanol–water partition coefficient (Wildman–Crippen LogP) is 0.975. The summed E-state index contributed by atoms with van der Waals surface area (Å²) in [5, 5.41) is 7.40. The van der Waals surface area contributed by atoms with Crippen LogP contribution >= 0.6 is 0 Å². The summed E-state index contributed by atoms with van der Waals surface area (Å²) in [5.74, 6) is 0.0112. The standard InChI is InChI=1S/C13H20N4O/c1-9-12(4-6-18-9)17(2)8-10-3-5-16-11(7-10)13(14)15/h3,5,7,9,12H,4,6,8H2,1-2H3,(H3,14,15). The number of nitrogens with zero attached hydrogens (tertiary/aromatic N) is 2. The van der Waals surface area contributed by atoms with Crippen LogP contribution in [-0.4, -0.2) is 41.5 Å². The lowest BCUT2D eigenvalue weighted by Gasteiger charge is -2.26. The first kappa shape index (κ1) is 13.0. The Morgan fingerprint density at radius 2 is 2.44 bits per heavy atom. The molecule has 0 aromatic carbocycles. The number of nitrogen functional groups attached to an aromatic ring is 1. The van der Waals surface area contributed by atoms with E-state index >= 15 is 0 Å². The Morgan fingerprint density at radius 3 is 3.06 bits per heavy atom. The molecule has 2 atom stereocenters. The van der Waals surface area contributed by atoms with E-state index in [4.69, 9.17) is 15.9 Å². The number of likely N-dealkylation sites (N-methyl/N-ethyl adjacent to an activating group) is 1. The molecule has 2 heterocycles. The van der Waals surface area contributed by atoms with Gasteiger partial charge in [0.1, 0.15) is 11.5 Å². The van der Waals surface area contributed by atoms with E-state index in [1.807, 2.05) is 12.1 Å². The first-order chi connectivity index (χ1) is 8.58. The summed E-state index contributed by atoms with van der Waals surface area (Å²) < 4.78 is 5.58. The lowest BCUT2D eigenvalue weighted by molar-refractivity contribution is 0.0814. The van der Waals surface area contributed by atoms with Crippen molar-refractivity contribution in [3.63, 3.8) is 0 Å². The van der Waals surface area contributed by atoms with E-state index in [0.717, 1.165) is 25.1 Å². The van der Waals surface area contributed by atoms with Gasteiger partial charge in [-0.15, -0.1) is 0 Å². The number of hydrogen-bond acceptors (Lipinski definition) is 4. The molecule has 1 aliphatic rings. The van der Waals surface area contributed by atoms with E-state index in [-0.39, 0.29) is 11.9 Å². The third-order valence-electron chi connectivity index (χ3n) is 3.43. The Balaban J connectivity index is 2.04. The highest BCUT2D eigenvalue weighted by Gasteiger charge is 2.27. The van der Waals surface area contributed by atoms with E-state index in [2.05, 4.69) is 23.9 Å². The summed E-state index contributed by atoms with van der Waals surface area (Å²) in [4.78, 5) is 6.35. The predicted molar refractivity (Wildman–Crippen MR) is 70.5 cm³/mol. The second-order valence-corrected chi connectivity index (χ2v) is 4.81. The molecule has 0 saturated carbocycles. The fraction of sp³-hybridized carbons (Fsp3) is 0.538. The van der Waals surface area contributed by atoms with Gasteiger partial charge in [0.2, 0.25) is 0 Å². The zero-order valence-electron chi connectivity index (χ0n) is 10.9. The molecule has 1 aliphatic heterocycles. The summed E-state index contributed by atoms with van der Waals surface area (Å²) in [6.45, 7) is 3.77. The molecule has 0 spiro atoms. The Hall–Kier alpha value is -1.46. The largest absolute Gasteiger partial charge is 0.382 e. The van der Waals surface area contributed by atoms with Crippen LogP contribution in [0.1, 0.15) is 24.6 Å². The van der Waals surface area contributed by atoms with Crippen LogP contribution in [0, 0.1) is 5.41 Å². The van der Waals surface area contributed by atoms with E-state index < -0.39 is 0 Å². The van der Waals surface area contributed by atoms with Gasteiger partial charge < -0.3 is 10.5 Å². The van der Waals surface area contributed by atoms with Crippen molar-refractivity contribution >= 4 is 5.84 Å². The molecule has 1 fully saturated rings.